The van der Waals surface area contributed by atoms with Crippen molar-refractivity contribution in [3.63, 3.8) is 0 Å². The fourth-order valence-corrected chi connectivity index (χ4v) is 2.23. The van der Waals surface area contributed by atoms with Crippen molar-refractivity contribution in [1.29, 1.82) is 0 Å². The minimum atomic E-state index is -0.542. The summed E-state index contributed by atoms with van der Waals surface area (Å²) in [7, 11) is 0. The Morgan fingerprint density at radius 3 is 1.95 bits per heavy atom. The van der Waals surface area contributed by atoms with Crippen LogP contribution in [-0.4, -0.2) is 35.5 Å². The van der Waals surface area contributed by atoms with Gasteiger partial charge in [0.25, 0.3) is 0 Å². The lowest BCUT2D eigenvalue weighted by Gasteiger charge is -2.29. The third-order valence-corrected chi connectivity index (χ3v) is 3.10. The number of anilines is 1. The Balaban J connectivity index is 3.06. The van der Waals surface area contributed by atoms with Crippen molar-refractivity contribution in [2.24, 2.45) is 0 Å². The molecule has 0 aliphatic heterocycles. The van der Waals surface area contributed by atoms with E-state index < -0.39 is 12.2 Å². The van der Waals surface area contributed by atoms with Gasteiger partial charge in [-0.1, -0.05) is 26.8 Å². The van der Waals surface area contributed by atoms with Crippen LogP contribution >= 0.6 is 0 Å². The van der Waals surface area contributed by atoms with Gasteiger partial charge in [0.2, 0.25) is 0 Å². The maximum atomic E-state index is 14.2. The zero-order chi connectivity index (χ0) is 15.5. The molecule has 1 aromatic rings. The molecule has 0 saturated heterocycles. The maximum Gasteiger partial charge on any atom is 0.128 e. The van der Waals surface area contributed by atoms with Crippen molar-refractivity contribution in [3.8, 4) is 0 Å². The van der Waals surface area contributed by atoms with Crippen LogP contribution in [0.4, 0.5) is 10.1 Å². The highest BCUT2D eigenvalue weighted by Gasteiger charge is 2.20. The number of aliphatic hydroxyl groups is 2. The van der Waals surface area contributed by atoms with Crippen LogP contribution in [0.15, 0.2) is 18.2 Å². The van der Waals surface area contributed by atoms with E-state index in [9.17, 15) is 14.6 Å². The number of aliphatic hydroxyl groups excluding tert-OH is 2. The van der Waals surface area contributed by atoms with Crippen LogP contribution in [0, 0.1) is 5.82 Å². The Kier molecular flexibility index (Phi) is 5.54. The minimum absolute atomic E-state index is 0.248. The Labute approximate surface area is 121 Å². The van der Waals surface area contributed by atoms with Gasteiger partial charge in [-0.3, -0.25) is 0 Å². The van der Waals surface area contributed by atoms with Gasteiger partial charge in [0.05, 0.1) is 12.2 Å². The lowest BCUT2D eigenvalue weighted by atomic mass is 9.86. The Bertz CT molecular complexity index is 429. The molecule has 0 aliphatic carbocycles. The van der Waals surface area contributed by atoms with Crippen LogP contribution in [0.2, 0.25) is 0 Å². The zero-order valence-electron chi connectivity index (χ0n) is 13.0. The van der Waals surface area contributed by atoms with E-state index in [0.717, 1.165) is 0 Å². The van der Waals surface area contributed by atoms with Crippen molar-refractivity contribution in [2.75, 3.05) is 18.0 Å². The zero-order valence-corrected chi connectivity index (χ0v) is 13.0. The second kappa shape index (κ2) is 6.55. The summed E-state index contributed by atoms with van der Waals surface area (Å²) in [6.07, 6.45) is -1.08. The maximum absolute atomic E-state index is 14.2. The van der Waals surface area contributed by atoms with Crippen LogP contribution in [0.5, 0.6) is 0 Å². The predicted octanol–water partition coefficient (Wildman–Crippen LogP) is 2.69. The van der Waals surface area contributed by atoms with Crippen LogP contribution in [0.25, 0.3) is 0 Å². The first kappa shape index (κ1) is 16.9. The van der Waals surface area contributed by atoms with E-state index in [4.69, 9.17) is 0 Å². The van der Waals surface area contributed by atoms with Crippen LogP contribution < -0.4 is 4.90 Å². The number of nitrogens with zero attached hydrogens (tertiary/aromatic N) is 1. The van der Waals surface area contributed by atoms with E-state index in [-0.39, 0.29) is 11.2 Å². The lowest BCUT2D eigenvalue weighted by Crippen LogP contribution is -2.36. The summed E-state index contributed by atoms with van der Waals surface area (Å²) in [6, 6.07) is 5.10. The van der Waals surface area contributed by atoms with Crippen LogP contribution in [0.1, 0.15) is 40.2 Å². The van der Waals surface area contributed by atoms with Crippen LogP contribution in [0.3, 0.4) is 0 Å². The van der Waals surface area contributed by atoms with Crippen molar-refractivity contribution in [2.45, 2.75) is 52.2 Å². The molecular formula is C16H26FNO2. The average Bonchev–Trinajstić information content (AvgIpc) is 2.24. The first-order chi connectivity index (χ1) is 9.11. The summed E-state index contributed by atoms with van der Waals surface area (Å²) in [5, 5.41) is 19.1. The summed E-state index contributed by atoms with van der Waals surface area (Å²) in [4.78, 5) is 1.80. The molecule has 4 heteroatoms. The highest BCUT2D eigenvalue weighted by atomic mass is 19.1. The van der Waals surface area contributed by atoms with Gasteiger partial charge in [-0.2, -0.15) is 0 Å². The third kappa shape index (κ3) is 4.76. The molecule has 0 heterocycles. The van der Waals surface area contributed by atoms with Crippen molar-refractivity contribution < 1.29 is 14.6 Å². The quantitative estimate of drug-likeness (QED) is 0.873. The van der Waals surface area contributed by atoms with Crippen LogP contribution in [-0.2, 0) is 5.41 Å². The fourth-order valence-electron chi connectivity index (χ4n) is 2.23. The van der Waals surface area contributed by atoms with E-state index >= 15 is 0 Å². The fraction of sp³-hybridized carbons (Fsp3) is 0.625. The van der Waals surface area contributed by atoms with Gasteiger partial charge in [-0.25, -0.2) is 4.39 Å². The SMILES string of the molecule is CC(O)CN(CC(C)O)c1ccc(C(C)(C)C)c(F)c1. The molecule has 1 aromatic carbocycles. The van der Waals surface area contributed by atoms with E-state index in [1.54, 1.807) is 24.8 Å². The largest absolute Gasteiger partial charge is 0.392 e. The molecule has 0 amide bonds. The van der Waals surface area contributed by atoms with Gasteiger partial charge < -0.3 is 15.1 Å². The molecule has 1 rings (SSSR count). The third-order valence-electron chi connectivity index (χ3n) is 3.10. The number of hydrogen-bond acceptors (Lipinski definition) is 3. The molecule has 114 valence electrons. The molecule has 0 fully saturated rings. The molecule has 20 heavy (non-hydrogen) atoms. The summed E-state index contributed by atoms with van der Waals surface area (Å²) < 4.78 is 14.2. The molecule has 0 radical (unpaired) electrons. The normalized spacial score (nSPS) is 15.0. The molecule has 2 unspecified atom stereocenters. The number of hydrogen-bond donors (Lipinski definition) is 2. The van der Waals surface area contributed by atoms with Crippen molar-refractivity contribution in [3.05, 3.63) is 29.6 Å². The summed E-state index contributed by atoms with van der Waals surface area (Å²) >= 11 is 0. The summed E-state index contributed by atoms with van der Waals surface area (Å²) in [5.41, 5.74) is 1.09. The highest BCUT2D eigenvalue weighted by Crippen LogP contribution is 2.28. The molecular weight excluding hydrogens is 257 g/mol. The van der Waals surface area contributed by atoms with E-state index in [2.05, 4.69) is 0 Å². The van der Waals surface area contributed by atoms with Gasteiger partial charge in [-0.05, 0) is 37.0 Å². The number of halogens is 1. The summed E-state index contributed by atoms with van der Waals surface area (Å²) in [5.74, 6) is -0.254. The number of benzene rings is 1. The Morgan fingerprint density at radius 2 is 1.60 bits per heavy atom. The highest BCUT2D eigenvalue weighted by molar-refractivity contribution is 5.49. The topological polar surface area (TPSA) is 43.7 Å². The van der Waals surface area contributed by atoms with Gasteiger partial charge in [0.1, 0.15) is 5.82 Å². The molecule has 0 bridgehead atoms. The number of rotatable bonds is 5. The van der Waals surface area contributed by atoms with Gasteiger partial charge >= 0.3 is 0 Å². The minimum Gasteiger partial charge on any atom is -0.392 e. The molecule has 2 atom stereocenters. The van der Waals surface area contributed by atoms with E-state index in [1.807, 2.05) is 26.8 Å². The molecule has 3 nitrogen and oxygen atoms in total. The van der Waals surface area contributed by atoms with Gasteiger partial charge in [0, 0.05) is 18.8 Å². The van der Waals surface area contributed by atoms with E-state index in [0.29, 0.717) is 24.3 Å². The predicted molar refractivity (Wildman–Crippen MR) is 80.7 cm³/mol. The molecule has 2 N–H and O–H groups in total. The van der Waals surface area contributed by atoms with Crippen molar-refractivity contribution in [1.82, 2.24) is 0 Å². The second-order valence-corrected chi connectivity index (χ2v) is 6.52. The standard InChI is InChI=1S/C16H26FNO2/c1-11(19)9-18(10-12(2)20)13-6-7-14(15(17)8-13)16(3,4)5/h6-8,11-12,19-20H,9-10H2,1-5H3. The molecule has 0 aromatic heterocycles. The smallest absolute Gasteiger partial charge is 0.128 e. The van der Waals surface area contributed by atoms with Gasteiger partial charge in [0.15, 0.2) is 0 Å². The van der Waals surface area contributed by atoms with Gasteiger partial charge in [-0.15, -0.1) is 0 Å². The van der Waals surface area contributed by atoms with E-state index in [1.165, 1.54) is 6.07 Å². The average molecular weight is 283 g/mol. The second-order valence-electron chi connectivity index (χ2n) is 6.52. The Hall–Kier alpha value is -1.13. The molecule has 0 saturated carbocycles. The first-order valence-electron chi connectivity index (χ1n) is 7.02. The Morgan fingerprint density at radius 1 is 1.10 bits per heavy atom. The molecule has 0 aliphatic rings. The first-order valence-corrected chi connectivity index (χ1v) is 7.02. The summed E-state index contributed by atoms with van der Waals surface area (Å²) in [6.45, 7) is 9.97. The monoisotopic (exact) mass is 283 g/mol. The lowest BCUT2D eigenvalue weighted by molar-refractivity contribution is 0.178. The van der Waals surface area contributed by atoms with Crippen molar-refractivity contribution >= 4 is 5.69 Å². The molecule has 0 spiro atoms.